The van der Waals surface area contributed by atoms with Gasteiger partial charge in [-0.1, -0.05) is 30.3 Å². The van der Waals surface area contributed by atoms with E-state index in [0.29, 0.717) is 6.42 Å². The molecule has 1 saturated heterocycles. The van der Waals surface area contributed by atoms with Crippen LogP contribution in [0.4, 0.5) is 0 Å². The Morgan fingerprint density at radius 3 is 2.32 bits per heavy atom. The van der Waals surface area contributed by atoms with Crippen molar-refractivity contribution in [2.45, 2.75) is 43.8 Å². The molecule has 3 unspecified atom stereocenters. The van der Waals surface area contributed by atoms with Crippen molar-refractivity contribution < 1.29 is 34.2 Å². The Bertz CT molecular complexity index is 830. The summed E-state index contributed by atoms with van der Waals surface area (Å²) < 4.78 is 0. The normalized spacial score (nSPS) is 17.5. The number of rotatable bonds is 10. The summed E-state index contributed by atoms with van der Waals surface area (Å²) in [6.07, 6.45) is 0.0712. The van der Waals surface area contributed by atoms with Crippen LogP contribution >= 0.6 is 0 Å². The lowest BCUT2D eigenvalue weighted by atomic mass is 10.0. The first kappa shape index (κ1) is 23.8. The molecule has 1 aromatic rings. The van der Waals surface area contributed by atoms with Gasteiger partial charge in [-0.3, -0.25) is 19.2 Å². The average molecular weight is 434 g/mol. The maximum absolute atomic E-state index is 12.9. The van der Waals surface area contributed by atoms with Crippen molar-refractivity contribution in [3.05, 3.63) is 35.9 Å². The highest BCUT2D eigenvalue weighted by Gasteiger charge is 2.39. The number of aliphatic carboxylic acids is 2. The van der Waals surface area contributed by atoms with Gasteiger partial charge >= 0.3 is 11.9 Å². The van der Waals surface area contributed by atoms with Crippen LogP contribution in [0.1, 0.15) is 24.8 Å². The highest BCUT2D eigenvalue weighted by Crippen LogP contribution is 2.19. The van der Waals surface area contributed by atoms with E-state index in [0.717, 1.165) is 10.5 Å². The van der Waals surface area contributed by atoms with Crippen molar-refractivity contribution in [3.63, 3.8) is 0 Å². The molecule has 0 aliphatic carbocycles. The first-order valence-corrected chi connectivity index (χ1v) is 9.81. The van der Waals surface area contributed by atoms with E-state index < -0.39 is 54.2 Å². The van der Waals surface area contributed by atoms with Gasteiger partial charge in [-0.15, -0.1) is 0 Å². The molecular weight excluding hydrogens is 408 g/mol. The highest BCUT2D eigenvalue weighted by molar-refractivity contribution is 5.95. The van der Waals surface area contributed by atoms with Crippen LogP contribution in [0.5, 0.6) is 0 Å². The lowest BCUT2D eigenvalue weighted by Gasteiger charge is -2.28. The molecule has 11 nitrogen and oxygen atoms in total. The smallest absolute Gasteiger partial charge is 0.326 e. The zero-order chi connectivity index (χ0) is 23.0. The Morgan fingerprint density at radius 2 is 1.74 bits per heavy atom. The zero-order valence-electron chi connectivity index (χ0n) is 16.8. The summed E-state index contributed by atoms with van der Waals surface area (Å²) >= 11 is 0. The summed E-state index contributed by atoms with van der Waals surface area (Å²) in [5.74, 6) is -4.68. The summed E-state index contributed by atoms with van der Waals surface area (Å²) in [5.41, 5.74) is 6.05. The summed E-state index contributed by atoms with van der Waals surface area (Å²) in [7, 11) is 0. The molecule has 6 N–H and O–H groups in total. The Kier molecular flexibility index (Phi) is 8.50. The van der Waals surface area contributed by atoms with Crippen molar-refractivity contribution >= 4 is 29.7 Å². The first-order chi connectivity index (χ1) is 14.7. The van der Waals surface area contributed by atoms with Crippen molar-refractivity contribution in [2.75, 3.05) is 13.1 Å². The molecular formula is C20H26N4O7. The summed E-state index contributed by atoms with van der Waals surface area (Å²) in [5, 5.41) is 23.3. The topological polar surface area (TPSA) is 179 Å². The summed E-state index contributed by atoms with van der Waals surface area (Å²) in [6, 6.07) is 5.14. The van der Waals surface area contributed by atoms with E-state index >= 15 is 0 Å². The first-order valence-electron chi connectivity index (χ1n) is 9.81. The monoisotopic (exact) mass is 434 g/mol. The third kappa shape index (κ3) is 6.78. The molecule has 0 spiro atoms. The SMILES string of the molecule is NCC(=O)NC(Cc1ccccc1)C(=O)NC(CC(=O)O)C(=O)N1CCCC1C(=O)O. The van der Waals surface area contributed by atoms with Gasteiger partial charge < -0.3 is 31.5 Å². The molecule has 0 bridgehead atoms. The Morgan fingerprint density at radius 1 is 1.06 bits per heavy atom. The summed E-state index contributed by atoms with van der Waals surface area (Å²) in [6.45, 7) is -0.205. The fourth-order valence-electron chi connectivity index (χ4n) is 3.45. The van der Waals surface area contributed by atoms with Gasteiger partial charge in [0.15, 0.2) is 0 Å². The van der Waals surface area contributed by atoms with Crippen LogP contribution in [0, 0.1) is 0 Å². The van der Waals surface area contributed by atoms with Crippen LogP contribution in [0.2, 0.25) is 0 Å². The Labute approximate surface area is 178 Å². The summed E-state index contributed by atoms with van der Waals surface area (Å²) in [4.78, 5) is 61.3. The van der Waals surface area contributed by atoms with Gasteiger partial charge in [0.25, 0.3) is 0 Å². The number of carboxylic acids is 2. The molecule has 2 rings (SSSR count). The Balaban J connectivity index is 2.20. The Hall–Kier alpha value is -3.47. The zero-order valence-corrected chi connectivity index (χ0v) is 16.8. The van der Waals surface area contributed by atoms with Crippen LogP contribution in [0.15, 0.2) is 30.3 Å². The molecule has 1 aliphatic rings. The van der Waals surface area contributed by atoms with E-state index in [2.05, 4.69) is 10.6 Å². The molecule has 0 radical (unpaired) electrons. The number of nitrogens with zero attached hydrogens (tertiary/aromatic N) is 1. The second-order valence-electron chi connectivity index (χ2n) is 7.20. The third-order valence-corrected chi connectivity index (χ3v) is 4.93. The predicted molar refractivity (Wildman–Crippen MR) is 108 cm³/mol. The van der Waals surface area contributed by atoms with E-state index in [9.17, 15) is 34.2 Å². The van der Waals surface area contributed by atoms with E-state index in [1.807, 2.05) is 0 Å². The number of benzene rings is 1. The minimum absolute atomic E-state index is 0.0911. The lowest BCUT2D eigenvalue weighted by Crippen LogP contribution is -2.57. The third-order valence-electron chi connectivity index (χ3n) is 4.93. The van der Waals surface area contributed by atoms with Crippen molar-refractivity contribution in [1.82, 2.24) is 15.5 Å². The second kappa shape index (κ2) is 11.1. The van der Waals surface area contributed by atoms with Crippen LogP contribution < -0.4 is 16.4 Å². The molecule has 1 fully saturated rings. The fraction of sp³-hybridized carbons (Fsp3) is 0.450. The maximum atomic E-state index is 12.9. The van der Waals surface area contributed by atoms with Crippen LogP contribution in [0.3, 0.4) is 0 Å². The minimum atomic E-state index is -1.47. The molecule has 0 saturated carbocycles. The number of carbonyl (C=O) groups excluding carboxylic acids is 3. The molecule has 1 aliphatic heterocycles. The number of amides is 3. The van der Waals surface area contributed by atoms with Gasteiger partial charge in [-0.05, 0) is 18.4 Å². The molecule has 1 heterocycles. The number of carboxylic acid groups (broad SMARTS) is 2. The standard InChI is InChI=1S/C20H26N4O7/c21-11-16(25)22-13(9-12-5-2-1-3-6-12)18(28)23-14(10-17(26)27)19(29)24-8-4-7-15(24)20(30)31/h1-3,5-6,13-15H,4,7-11,21H2,(H,22,25)(H,23,28)(H,26,27)(H,30,31). The molecule has 168 valence electrons. The number of hydrogen-bond donors (Lipinski definition) is 5. The predicted octanol–water partition coefficient (Wildman–Crippen LogP) is -1.29. The van der Waals surface area contributed by atoms with E-state index in [1.165, 1.54) is 0 Å². The van der Waals surface area contributed by atoms with E-state index in [4.69, 9.17) is 5.73 Å². The van der Waals surface area contributed by atoms with Crippen molar-refractivity contribution in [3.8, 4) is 0 Å². The number of likely N-dealkylation sites (tertiary alicyclic amines) is 1. The van der Waals surface area contributed by atoms with E-state index in [1.54, 1.807) is 30.3 Å². The molecule has 11 heteroatoms. The number of hydrogen-bond acceptors (Lipinski definition) is 6. The number of carbonyl (C=O) groups is 5. The van der Waals surface area contributed by atoms with Gasteiger partial charge in [-0.25, -0.2) is 4.79 Å². The molecule has 3 atom stereocenters. The van der Waals surface area contributed by atoms with Gasteiger partial charge in [0, 0.05) is 13.0 Å². The van der Waals surface area contributed by atoms with Gasteiger partial charge in [0.1, 0.15) is 18.1 Å². The highest BCUT2D eigenvalue weighted by atomic mass is 16.4. The van der Waals surface area contributed by atoms with Crippen LogP contribution in [0.25, 0.3) is 0 Å². The maximum Gasteiger partial charge on any atom is 0.326 e. The molecule has 0 aromatic heterocycles. The molecule has 1 aromatic carbocycles. The van der Waals surface area contributed by atoms with Crippen LogP contribution in [-0.2, 0) is 30.4 Å². The lowest BCUT2D eigenvalue weighted by molar-refractivity contribution is -0.150. The van der Waals surface area contributed by atoms with Crippen LogP contribution in [-0.4, -0.2) is 76.0 Å². The minimum Gasteiger partial charge on any atom is -0.481 e. The van der Waals surface area contributed by atoms with Gasteiger partial charge in [0.2, 0.25) is 17.7 Å². The average Bonchev–Trinajstić information content (AvgIpc) is 3.22. The van der Waals surface area contributed by atoms with Gasteiger partial charge in [-0.2, -0.15) is 0 Å². The fourth-order valence-corrected chi connectivity index (χ4v) is 3.45. The van der Waals surface area contributed by atoms with E-state index in [-0.39, 0.29) is 25.9 Å². The van der Waals surface area contributed by atoms with Crippen molar-refractivity contribution in [2.24, 2.45) is 5.73 Å². The quantitative estimate of drug-likeness (QED) is 0.302. The number of nitrogens with two attached hydrogens (primary N) is 1. The second-order valence-corrected chi connectivity index (χ2v) is 7.20. The molecule has 3 amide bonds. The largest absolute Gasteiger partial charge is 0.481 e. The van der Waals surface area contributed by atoms with Gasteiger partial charge in [0.05, 0.1) is 13.0 Å². The van der Waals surface area contributed by atoms with Crippen molar-refractivity contribution in [1.29, 1.82) is 0 Å². The number of nitrogens with one attached hydrogen (secondary N) is 2. The molecule has 31 heavy (non-hydrogen) atoms.